The number of carbonyl (C=O) groups excluding carboxylic acids is 1. The van der Waals surface area contributed by atoms with Crippen molar-refractivity contribution >= 4 is 51.2 Å². The van der Waals surface area contributed by atoms with Crippen LogP contribution in [-0.2, 0) is 18.3 Å². The van der Waals surface area contributed by atoms with Crippen LogP contribution in [-0.4, -0.2) is 34.9 Å². The van der Waals surface area contributed by atoms with Gasteiger partial charge in [0, 0.05) is 58.8 Å². The van der Waals surface area contributed by atoms with Gasteiger partial charge >= 0.3 is 17.1 Å². The van der Waals surface area contributed by atoms with Crippen molar-refractivity contribution in [3.05, 3.63) is 142 Å². The van der Waals surface area contributed by atoms with Crippen molar-refractivity contribution in [3.63, 3.8) is 0 Å². The monoisotopic (exact) mass is 716 g/mol. The molecule has 9 rings (SSSR count). The Morgan fingerprint density at radius 2 is 1.41 bits per heavy atom. The fraction of sp³-hybridized carbons (Fsp3) is 0.292. The molecule has 1 aromatic heterocycles. The topological polar surface area (TPSA) is 68.6 Å². The first-order valence-corrected chi connectivity index (χ1v) is 19.2. The van der Waals surface area contributed by atoms with Gasteiger partial charge in [-0.15, -0.1) is 0 Å². The first kappa shape index (κ1) is 34.3. The van der Waals surface area contributed by atoms with Gasteiger partial charge in [-0.3, -0.25) is 4.79 Å². The van der Waals surface area contributed by atoms with E-state index in [2.05, 4.69) is 148 Å². The van der Waals surface area contributed by atoms with E-state index in [1.807, 2.05) is 12.2 Å². The van der Waals surface area contributed by atoms with E-state index in [1.54, 1.807) is 0 Å². The number of fused-ring (bicyclic) bond motifs is 4. The number of ketones is 1. The minimum Gasteiger partial charge on any atom is -0.460 e. The average molecular weight is 717 g/mol. The van der Waals surface area contributed by atoms with E-state index in [0.717, 1.165) is 82.2 Å². The number of aliphatic hydroxyl groups is 1. The number of allylic oxidation sites excluding steroid dienone is 3. The fourth-order valence-electron chi connectivity index (χ4n) is 8.23. The molecule has 1 saturated carbocycles. The van der Waals surface area contributed by atoms with Gasteiger partial charge in [0.2, 0.25) is 0 Å². The summed E-state index contributed by atoms with van der Waals surface area (Å²) >= 11 is 0. The summed E-state index contributed by atoms with van der Waals surface area (Å²) < 4.78 is 13.2. The Hall–Kier alpha value is -5.46. The summed E-state index contributed by atoms with van der Waals surface area (Å²) in [7, 11) is 0. The van der Waals surface area contributed by atoms with E-state index >= 15 is 0 Å². The lowest BCUT2D eigenvalue weighted by atomic mass is 9.73. The van der Waals surface area contributed by atoms with Gasteiger partial charge in [0.15, 0.2) is 0 Å². The highest BCUT2D eigenvalue weighted by atomic mass is 16.5. The first-order valence-electron chi connectivity index (χ1n) is 19.2. The Kier molecular flexibility index (Phi) is 7.98. The molecule has 2 unspecified atom stereocenters. The van der Waals surface area contributed by atoms with E-state index in [9.17, 15) is 9.90 Å². The van der Waals surface area contributed by atoms with Gasteiger partial charge in [-0.25, -0.2) is 4.42 Å². The molecule has 54 heavy (non-hydrogen) atoms. The third-order valence-corrected chi connectivity index (χ3v) is 11.4. The van der Waals surface area contributed by atoms with E-state index in [0.29, 0.717) is 5.57 Å². The molecule has 6 heteroatoms. The Bertz CT molecular complexity index is 2460. The van der Waals surface area contributed by atoms with Crippen molar-refractivity contribution in [3.8, 4) is 5.75 Å². The number of aliphatic hydroxyl groups excluding tert-OH is 1. The predicted molar refractivity (Wildman–Crippen MR) is 221 cm³/mol. The van der Waals surface area contributed by atoms with Crippen LogP contribution in [0.5, 0.6) is 5.75 Å². The van der Waals surface area contributed by atoms with Crippen LogP contribution in [0, 0.1) is 11.3 Å². The highest BCUT2D eigenvalue weighted by molar-refractivity contribution is 6.13. The SMILES string of the molecule is CC(C)(C)C1=CC(=CC2C(=[OH+])C(=Cc3cc(C(C)(C)C)[o+]c4cc(N5CCc6ccccc65)ccc34)C2O)c2ccc(N3CCc4ccccc43)cc2O1. The molecule has 1 fully saturated rings. The fourth-order valence-corrected chi connectivity index (χ4v) is 8.23. The van der Waals surface area contributed by atoms with E-state index in [1.165, 1.54) is 22.5 Å². The molecular weight excluding hydrogens is 669 g/mol. The molecule has 4 aromatic carbocycles. The van der Waals surface area contributed by atoms with E-state index in [-0.39, 0.29) is 16.6 Å². The second kappa shape index (κ2) is 12.6. The zero-order valence-corrected chi connectivity index (χ0v) is 32.0. The largest absolute Gasteiger partial charge is 0.460 e. The molecule has 4 aliphatic rings. The molecular formula is C48H48N2O4+2. The maximum atomic E-state index is 11.7. The Balaban J connectivity index is 1.05. The molecule has 0 spiro atoms. The second-order valence-electron chi connectivity index (χ2n) is 17.2. The molecule has 2 N–H and O–H groups in total. The standard InChI is InChI=1S/C48H47N2O4/c1-47(2,3)43-25-31(35-17-15-33(27-41(35)53-43)49-21-19-29-11-7-9-13-39(29)49)23-37-45(51)38(46(37)52)24-32-26-44(48(4,5)6)54-42-28-34(16-18-36(32)42)50-22-20-30-12-8-10-14-40(30)50/h7-18,23-28,37,45,51H,19-22H2,1-6H3/q+1/p+1. The molecule has 0 saturated heterocycles. The Labute approximate surface area is 317 Å². The number of para-hydroxylation sites is 2. The quantitative estimate of drug-likeness (QED) is 0.148. The van der Waals surface area contributed by atoms with Gasteiger partial charge in [0.05, 0.1) is 28.1 Å². The molecule has 4 heterocycles. The number of benzene rings is 4. The number of ether oxygens (including phenoxy) is 1. The van der Waals surface area contributed by atoms with Crippen LogP contribution in [0.3, 0.4) is 0 Å². The van der Waals surface area contributed by atoms with E-state index in [4.69, 9.17) is 9.15 Å². The summed E-state index contributed by atoms with van der Waals surface area (Å²) in [6, 6.07) is 31.9. The minimum absolute atomic E-state index is 0.176. The third kappa shape index (κ3) is 5.84. The molecule has 272 valence electrons. The normalized spacial score (nSPS) is 20.9. The summed E-state index contributed by atoms with van der Waals surface area (Å²) in [6.07, 6.45) is 7.14. The summed E-state index contributed by atoms with van der Waals surface area (Å²) in [6.45, 7) is 14.7. The summed E-state index contributed by atoms with van der Waals surface area (Å²) in [5, 5.41) is 12.6. The zero-order chi connectivity index (χ0) is 37.5. The minimum atomic E-state index is -0.874. The van der Waals surface area contributed by atoms with Crippen molar-refractivity contribution in [2.24, 2.45) is 11.3 Å². The molecule has 5 aromatic rings. The number of rotatable bonds is 4. The smallest absolute Gasteiger partial charge is 0.362 e. The number of hydrogen-bond donors (Lipinski definition) is 1. The Morgan fingerprint density at radius 3 is 2.04 bits per heavy atom. The van der Waals surface area contributed by atoms with Crippen molar-refractivity contribution in [1.29, 1.82) is 0 Å². The molecule has 0 radical (unpaired) electrons. The van der Waals surface area contributed by atoms with Crippen LogP contribution in [0.25, 0.3) is 22.6 Å². The van der Waals surface area contributed by atoms with Crippen molar-refractivity contribution in [2.45, 2.75) is 65.9 Å². The molecule has 1 aliphatic carbocycles. The van der Waals surface area contributed by atoms with Crippen molar-refractivity contribution in [1.82, 2.24) is 0 Å². The van der Waals surface area contributed by atoms with Crippen LogP contribution in [0.15, 0.2) is 119 Å². The van der Waals surface area contributed by atoms with Gasteiger partial charge in [-0.2, -0.15) is 0 Å². The van der Waals surface area contributed by atoms with Crippen LogP contribution < -0.4 is 14.5 Å². The van der Waals surface area contributed by atoms with Gasteiger partial charge in [-0.1, -0.05) is 63.2 Å². The van der Waals surface area contributed by atoms with Crippen molar-refractivity contribution < 1.29 is 19.1 Å². The highest BCUT2D eigenvalue weighted by Gasteiger charge is 2.49. The molecule has 0 amide bonds. The highest BCUT2D eigenvalue weighted by Crippen LogP contribution is 2.46. The van der Waals surface area contributed by atoms with Gasteiger partial charge in [0.25, 0.3) is 0 Å². The molecule has 2 atom stereocenters. The summed E-state index contributed by atoms with van der Waals surface area (Å²) in [5.41, 5.74) is 10.9. The summed E-state index contributed by atoms with van der Waals surface area (Å²) in [5.74, 6) is 2.09. The van der Waals surface area contributed by atoms with Gasteiger partial charge in [0.1, 0.15) is 23.5 Å². The molecule has 0 bridgehead atoms. The molecule has 6 nitrogen and oxygen atoms in total. The first-order chi connectivity index (χ1) is 25.8. The lowest BCUT2D eigenvalue weighted by molar-refractivity contribution is 0.170. The van der Waals surface area contributed by atoms with Crippen LogP contribution >= 0.6 is 0 Å². The number of hydrogen-bond acceptors (Lipinski definition) is 4. The predicted octanol–water partition coefficient (Wildman–Crippen LogP) is 10.7. The number of anilines is 4. The van der Waals surface area contributed by atoms with Gasteiger partial charge in [-0.05, 0) is 98.9 Å². The maximum absolute atomic E-state index is 11.7. The molecule has 3 aliphatic heterocycles. The summed E-state index contributed by atoms with van der Waals surface area (Å²) in [4.78, 5) is 16.3. The average Bonchev–Trinajstić information content (AvgIpc) is 3.79. The van der Waals surface area contributed by atoms with E-state index < -0.39 is 12.0 Å². The lowest BCUT2D eigenvalue weighted by Gasteiger charge is -2.32. The number of nitrogens with zero attached hydrogens (tertiary/aromatic N) is 2. The van der Waals surface area contributed by atoms with Crippen molar-refractivity contribution in [2.75, 3.05) is 22.9 Å². The third-order valence-electron chi connectivity index (χ3n) is 11.4. The zero-order valence-electron chi connectivity index (χ0n) is 32.0. The van der Waals surface area contributed by atoms with Gasteiger partial charge < -0.3 is 19.6 Å². The van der Waals surface area contributed by atoms with Crippen LogP contribution in [0.1, 0.15) is 69.6 Å². The second-order valence-corrected chi connectivity index (χ2v) is 17.2. The van der Waals surface area contributed by atoms with Crippen LogP contribution in [0.2, 0.25) is 0 Å². The lowest BCUT2D eigenvalue weighted by Crippen LogP contribution is -2.44. The Morgan fingerprint density at radius 1 is 0.778 bits per heavy atom. The maximum Gasteiger partial charge on any atom is 0.362 e. The van der Waals surface area contributed by atoms with Crippen LogP contribution in [0.4, 0.5) is 22.7 Å².